The van der Waals surface area contributed by atoms with Crippen molar-refractivity contribution in [2.24, 2.45) is 0 Å². The molecule has 0 spiro atoms. The van der Waals surface area contributed by atoms with Gasteiger partial charge in [-0.1, -0.05) is 11.3 Å². The maximum atomic E-state index is 11.7. The third-order valence-electron chi connectivity index (χ3n) is 2.55. The summed E-state index contributed by atoms with van der Waals surface area (Å²) in [7, 11) is 0. The van der Waals surface area contributed by atoms with E-state index in [0.717, 1.165) is 5.56 Å². The van der Waals surface area contributed by atoms with Crippen LogP contribution in [0.25, 0.3) is 21.7 Å². The SMILES string of the molecule is CC(C)(C)OC(=O)Nc1nc2ncc(-c3ccoc3)nc2s1. The number of nitrogens with one attached hydrogen (secondary N) is 1. The zero-order valence-corrected chi connectivity index (χ0v) is 13.1. The van der Waals surface area contributed by atoms with E-state index >= 15 is 0 Å². The molecule has 0 fully saturated rings. The van der Waals surface area contributed by atoms with Crippen molar-refractivity contribution in [2.45, 2.75) is 26.4 Å². The van der Waals surface area contributed by atoms with Crippen LogP contribution in [0.2, 0.25) is 0 Å². The number of furan rings is 1. The molecule has 0 aliphatic rings. The van der Waals surface area contributed by atoms with Crippen molar-refractivity contribution in [1.82, 2.24) is 15.0 Å². The van der Waals surface area contributed by atoms with E-state index in [2.05, 4.69) is 20.3 Å². The molecule has 0 atom stereocenters. The van der Waals surface area contributed by atoms with E-state index in [4.69, 9.17) is 9.15 Å². The highest BCUT2D eigenvalue weighted by Crippen LogP contribution is 2.26. The molecule has 3 heterocycles. The molecule has 0 aliphatic carbocycles. The van der Waals surface area contributed by atoms with Gasteiger partial charge in [-0.25, -0.2) is 14.8 Å². The fourth-order valence-corrected chi connectivity index (χ4v) is 2.50. The summed E-state index contributed by atoms with van der Waals surface area (Å²) in [6.07, 6.45) is 4.23. The molecule has 0 aromatic carbocycles. The van der Waals surface area contributed by atoms with Gasteiger partial charge in [-0.2, -0.15) is 4.98 Å². The summed E-state index contributed by atoms with van der Waals surface area (Å²) in [5, 5.41) is 2.99. The highest BCUT2D eigenvalue weighted by molar-refractivity contribution is 7.21. The number of thiazole rings is 1. The number of hydrogen-bond donors (Lipinski definition) is 1. The van der Waals surface area contributed by atoms with Gasteiger partial charge < -0.3 is 9.15 Å². The third-order valence-corrected chi connectivity index (χ3v) is 3.40. The first-order valence-corrected chi connectivity index (χ1v) is 7.38. The van der Waals surface area contributed by atoms with Crippen molar-refractivity contribution < 1.29 is 13.9 Å². The molecule has 3 aromatic rings. The van der Waals surface area contributed by atoms with Crippen LogP contribution >= 0.6 is 11.3 Å². The second-order valence-electron chi connectivity index (χ2n) is 5.54. The van der Waals surface area contributed by atoms with Crippen LogP contribution in [0.3, 0.4) is 0 Å². The summed E-state index contributed by atoms with van der Waals surface area (Å²) < 4.78 is 10.2. The van der Waals surface area contributed by atoms with Gasteiger partial charge in [-0.15, -0.1) is 0 Å². The van der Waals surface area contributed by atoms with Gasteiger partial charge in [0.2, 0.25) is 0 Å². The van der Waals surface area contributed by atoms with Crippen LogP contribution < -0.4 is 5.32 Å². The summed E-state index contributed by atoms with van der Waals surface area (Å²) in [5.41, 5.74) is 1.44. The summed E-state index contributed by atoms with van der Waals surface area (Å²) in [4.78, 5) is 25.3. The molecule has 7 nitrogen and oxygen atoms in total. The van der Waals surface area contributed by atoms with Gasteiger partial charge in [-0.3, -0.25) is 5.32 Å². The molecule has 0 saturated heterocycles. The number of carbonyl (C=O) groups is 1. The summed E-state index contributed by atoms with van der Waals surface area (Å²) in [6, 6.07) is 1.80. The number of nitrogens with zero attached hydrogens (tertiary/aromatic N) is 3. The lowest BCUT2D eigenvalue weighted by atomic mass is 10.2. The predicted molar refractivity (Wildman–Crippen MR) is 82.8 cm³/mol. The Kier molecular flexibility index (Phi) is 3.53. The van der Waals surface area contributed by atoms with E-state index in [1.807, 2.05) is 0 Å². The molecule has 8 heteroatoms. The average molecular weight is 318 g/mol. The molecule has 3 aromatic heterocycles. The first-order valence-electron chi connectivity index (χ1n) is 6.57. The molecule has 22 heavy (non-hydrogen) atoms. The second kappa shape index (κ2) is 5.38. The van der Waals surface area contributed by atoms with E-state index in [0.29, 0.717) is 21.3 Å². The van der Waals surface area contributed by atoms with Gasteiger partial charge in [0.25, 0.3) is 0 Å². The van der Waals surface area contributed by atoms with Crippen LogP contribution in [0.4, 0.5) is 9.93 Å². The molecule has 0 bridgehead atoms. The summed E-state index contributed by atoms with van der Waals surface area (Å²) in [5.74, 6) is 0. The molecule has 1 amide bonds. The number of fused-ring (bicyclic) bond motifs is 1. The number of anilines is 1. The summed E-state index contributed by atoms with van der Waals surface area (Å²) in [6.45, 7) is 5.39. The lowest BCUT2D eigenvalue weighted by Crippen LogP contribution is -2.27. The lowest BCUT2D eigenvalue weighted by Gasteiger charge is -2.18. The van der Waals surface area contributed by atoms with E-state index < -0.39 is 11.7 Å². The molecule has 0 unspecified atom stereocenters. The van der Waals surface area contributed by atoms with E-state index in [1.165, 1.54) is 11.3 Å². The van der Waals surface area contributed by atoms with Gasteiger partial charge in [-0.05, 0) is 26.8 Å². The fourth-order valence-electron chi connectivity index (χ4n) is 1.72. The standard InChI is InChI=1S/C14H14N4O3S/c1-14(2,3)21-13(19)18-12-17-10-11(22-12)16-9(6-15-10)8-4-5-20-7-8/h4-7H,1-3H3,(H,15,17,18,19). The van der Waals surface area contributed by atoms with Crippen molar-refractivity contribution in [3.05, 3.63) is 24.8 Å². The largest absolute Gasteiger partial charge is 0.472 e. The molecule has 1 N–H and O–H groups in total. The van der Waals surface area contributed by atoms with Crippen molar-refractivity contribution in [2.75, 3.05) is 5.32 Å². The lowest BCUT2D eigenvalue weighted by molar-refractivity contribution is 0.0636. The number of amides is 1. The Morgan fingerprint density at radius 1 is 1.36 bits per heavy atom. The van der Waals surface area contributed by atoms with Crippen LogP contribution in [-0.2, 0) is 4.74 Å². The molecule has 0 saturated carbocycles. The highest BCUT2D eigenvalue weighted by atomic mass is 32.1. The van der Waals surface area contributed by atoms with Gasteiger partial charge >= 0.3 is 6.09 Å². The number of ether oxygens (including phenoxy) is 1. The zero-order chi connectivity index (χ0) is 15.7. The zero-order valence-electron chi connectivity index (χ0n) is 12.3. The minimum atomic E-state index is -0.564. The van der Waals surface area contributed by atoms with Crippen LogP contribution in [0.5, 0.6) is 0 Å². The number of rotatable bonds is 2. The van der Waals surface area contributed by atoms with E-state index in [1.54, 1.807) is 45.6 Å². The Bertz CT molecular complexity index is 805. The quantitative estimate of drug-likeness (QED) is 0.775. The van der Waals surface area contributed by atoms with Gasteiger partial charge in [0, 0.05) is 5.56 Å². The van der Waals surface area contributed by atoms with Crippen molar-refractivity contribution in [3.8, 4) is 11.3 Å². The molecule has 114 valence electrons. The fraction of sp³-hybridized carbons (Fsp3) is 0.286. The Morgan fingerprint density at radius 2 is 2.18 bits per heavy atom. The Labute approximate surface area is 130 Å². The first kappa shape index (κ1) is 14.5. The molecule has 0 aliphatic heterocycles. The van der Waals surface area contributed by atoms with Crippen LogP contribution in [-0.4, -0.2) is 26.6 Å². The van der Waals surface area contributed by atoms with Gasteiger partial charge in [0.1, 0.15) is 5.60 Å². The topological polar surface area (TPSA) is 90.1 Å². The maximum absolute atomic E-state index is 11.7. The van der Waals surface area contributed by atoms with Crippen LogP contribution in [0.1, 0.15) is 20.8 Å². The monoisotopic (exact) mass is 318 g/mol. The Balaban J connectivity index is 1.83. The molecular formula is C14H14N4O3S. The summed E-state index contributed by atoms with van der Waals surface area (Å²) >= 11 is 1.24. The molecular weight excluding hydrogens is 304 g/mol. The number of hydrogen-bond acceptors (Lipinski definition) is 7. The van der Waals surface area contributed by atoms with Crippen LogP contribution in [0.15, 0.2) is 29.2 Å². The second-order valence-corrected chi connectivity index (χ2v) is 6.52. The van der Waals surface area contributed by atoms with Crippen LogP contribution in [0, 0.1) is 0 Å². The highest BCUT2D eigenvalue weighted by Gasteiger charge is 2.18. The van der Waals surface area contributed by atoms with Crippen molar-refractivity contribution in [1.29, 1.82) is 0 Å². The minimum absolute atomic E-state index is 0.397. The number of aromatic nitrogens is 3. The molecule has 3 rings (SSSR count). The number of carbonyl (C=O) groups excluding carboxylic acids is 1. The first-order chi connectivity index (χ1) is 10.4. The smallest absolute Gasteiger partial charge is 0.413 e. The van der Waals surface area contributed by atoms with Gasteiger partial charge in [0.15, 0.2) is 15.6 Å². The van der Waals surface area contributed by atoms with Gasteiger partial charge in [0.05, 0.1) is 24.4 Å². The maximum Gasteiger partial charge on any atom is 0.413 e. The van der Waals surface area contributed by atoms with E-state index in [-0.39, 0.29) is 0 Å². The molecule has 0 radical (unpaired) electrons. The average Bonchev–Trinajstić information content (AvgIpc) is 3.03. The van der Waals surface area contributed by atoms with E-state index in [9.17, 15) is 4.79 Å². The normalized spacial score (nSPS) is 11.6. The third kappa shape index (κ3) is 3.22. The minimum Gasteiger partial charge on any atom is -0.472 e. The predicted octanol–water partition coefficient (Wildman–Crippen LogP) is 3.69. The van der Waals surface area contributed by atoms with Crippen molar-refractivity contribution in [3.63, 3.8) is 0 Å². The Hall–Kier alpha value is -2.48. The van der Waals surface area contributed by atoms with Crippen molar-refractivity contribution >= 4 is 33.0 Å². The Morgan fingerprint density at radius 3 is 2.86 bits per heavy atom.